The molecule has 3 rings (SSSR count). The number of rotatable bonds is 4. The second-order valence-electron chi connectivity index (χ2n) is 5.82. The van der Waals surface area contributed by atoms with Gasteiger partial charge >= 0.3 is 0 Å². The van der Waals surface area contributed by atoms with Crippen LogP contribution in [-0.4, -0.2) is 40.9 Å². The van der Waals surface area contributed by atoms with Crippen molar-refractivity contribution in [3.63, 3.8) is 0 Å². The van der Waals surface area contributed by atoms with Gasteiger partial charge in [-0.15, -0.1) is 0 Å². The fourth-order valence-electron chi connectivity index (χ4n) is 3.45. The van der Waals surface area contributed by atoms with Crippen LogP contribution < -0.4 is 5.32 Å². The van der Waals surface area contributed by atoms with E-state index in [4.69, 9.17) is 0 Å². The highest BCUT2D eigenvalue weighted by Gasteiger charge is 2.40. The molecule has 18 heavy (non-hydrogen) atoms. The van der Waals surface area contributed by atoms with E-state index in [0.29, 0.717) is 6.04 Å². The zero-order chi connectivity index (χ0) is 12.5. The number of hydrogen-bond acceptors (Lipinski definition) is 3. The quantitative estimate of drug-likeness (QED) is 0.878. The molecular weight excluding hydrogens is 224 g/mol. The van der Waals surface area contributed by atoms with Crippen molar-refractivity contribution in [3.8, 4) is 0 Å². The molecule has 1 N–H and O–H groups in total. The topological polar surface area (TPSA) is 33.1 Å². The molecule has 1 aromatic heterocycles. The maximum Gasteiger partial charge on any atom is 0.0537 e. The molecule has 2 unspecified atom stereocenters. The Morgan fingerprint density at radius 2 is 2.22 bits per heavy atom. The summed E-state index contributed by atoms with van der Waals surface area (Å²) in [5.74, 6) is 0.730. The van der Waals surface area contributed by atoms with Crippen LogP contribution in [0.1, 0.15) is 37.3 Å². The van der Waals surface area contributed by atoms with E-state index in [-0.39, 0.29) is 0 Å². The molecule has 1 aromatic rings. The van der Waals surface area contributed by atoms with E-state index in [2.05, 4.69) is 34.8 Å². The standard InChI is InChI=1S/C14H24N4/c1-15-8-11-4-3-7-18(13-5-6-13)14(11)12-9-16-17(2)10-12/h9-11,13-15H,3-8H2,1-2H3. The van der Waals surface area contributed by atoms with Crippen molar-refractivity contribution in [2.45, 2.75) is 37.8 Å². The third-order valence-electron chi connectivity index (χ3n) is 4.34. The summed E-state index contributed by atoms with van der Waals surface area (Å²) in [4.78, 5) is 2.74. The van der Waals surface area contributed by atoms with Gasteiger partial charge in [-0.05, 0) is 51.7 Å². The lowest BCUT2D eigenvalue weighted by molar-refractivity contribution is 0.0845. The van der Waals surface area contributed by atoms with E-state index in [1.807, 2.05) is 11.7 Å². The molecule has 4 heteroatoms. The van der Waals surface area contributed by atoms with Crippen molar-refractivity contribution in [2.75, 3.05) is 20.1 Å². The Morgan fingerprint density at radius 1 is 1.39 bits per heavy atom. The molecule has 0 aromatic carbocycles. The molecule has 2 atom stereocenters. The Balaban J connectivity index is 1.85. The first-order valence-corrected chi connectivity index (χ1v) is 7.18. The van der Waals surface area contributed by atoms with Gasteiger partial charge in [0, 0.05) is 30.9 Å². The minimum absolute atomic E-state index is 0.576. The number of piperidine rings is 1. The molecule has 0 bridgehead atoms. The van der Waals surface area contributed by atoms with Gasteiger partial charge in [0.15, 0.2) is 0 Å². The molecule has 2 aliphatic rings. The smallest absolute Gasteiger partial charge is 0.0537 e. The molecule has 1 aliphatic carbocycles. The van der Waals surface area contributed by atoms with Crippen LogP contribution in [0.4, 0.5) is 0 Å². The van der Waals surface area contributed by atoms with Crippen LogP contribution in [0.2, 0.25) is 0 Å². The summed E-state index contributed by atoms with van der Waals surface area (Å²) in [5.41, 5.74) is 1.41. The van der Waals surface area contributed by atoms with Gasteiger partial charge in [-0.2, -0.15) is 5.10 Å². The summed E-state index contributed by atoms with van der Waals surface area (Å²) in [6.07, 6.45) is 9.73. The average molecular weight is 248 g/mol. The van der Waals surface area contributed by atoms with Crippen molar-refractivity contribution < 1.29 is 0 Å². The zero-order valence-electron chi connectivity index (χ0n) is 11.5. The largest absolute Gasteiger partial charge is 0.319 e. The molecular formula is C14H24N4. The molecule has 100 valence electrons. The summed E-state index contributed by atoms with van der Waals surface area (Å²) in [7, 11) is 4.08. The number of likely N-dealkylation sites (tertiary alicyclic amines) is 1. The highest BCUT2D eigenvalue weighted by Crippen LogP contribution is 2.42. The summed E-state index contributed by atoms with van der Waals surface area (Å²) in [6.45, 7) is 2.38. The Labute approximate surface area is 109 Å². The van der Waals surface area contributed by atoms with Crippen LogP contribution in [0.3, 0.4) is 0 Å². The second-order valence-corrected chi connectivity index (χ2v) is 5.82. The maximum atomic E-state index is 4.37. The van der Waals surface area contributed by atoms with Crippen molar-refractivity contribution >= 4 is 0 Å². The van der Waals surface area contributed by atoms with Crippen LogP contribution in [0.5, 0.6) is 0 Å². The molecule has 0 spiro atoms. The minimum Gasteiger partial charge on any atom is -0.319 e. The number of aromatic nitrogens is 2. The van der Waals surface area contributed by atoms with E-state index in [0.717, 1.165) is 18.5 Å². The van der Waals surface area contributed by atoms with Crippen molar-refractivity contribution in [1.82, 2.24) is 20.0 Å². The van der Waals surface area contributed by atoms with E-state index in [9.17, 15) is 0 Å². The Kier molecular flexibility index (Phi) is 3.39. The fraction of sp³-hybridized carbons (Fsp3) is 0.786. The van der Waals surface area contributed by atoms with Crippen LogP contribution in [0.25, 0.3) is 0 Å². The predicted octanol–water partition coefficient (Wildman–Crippen LogP) is 1.55. The molecule has 0 amide bonds. The fourth-order valence-corrected chi connectivity index (χ4v) is 3.45. The van der Waals surface area contributed by atoms with Crippen molar-refractivity contribution in [2.24, 2.45) is 13.0 Å². The zero-order valence-corrected chi connectivity index (χ0v) is 11.5. The monoisotopic (exact) mass is 248 g/mol. The molecule has 4 nitrogen and oxygen atoms in total. The molecule has 0 radical (unpaired) electrons. The number of aryl methyl sites for hydroxylation is 1. The van der Waals surface area contributed by atoms with Gasteiger partial charge < -0.3 is 5.32 Å². The lowest BCUT2D eigenvalue weighted by Crippen LogP contribution is -2.43. The van der Waals surface area contributed by atoms with Gasteiger partial charge in [-0.25, -0.2) is 0 Å². The molecule has 2 fully saturated rings. The van der Waals surface area contributed by atoms with Gasteiger partial charge in [0.1, 0.15) is 0 Å². The van der Waals surface area contributed by atoms with Gasteiger partial charge in [0.05, 0.1) is 6.20 Å². The predicted molar refractivity (Wildman–Crippen MR) is 72.3 cm³/mol. The summed E-state index contributed by atoms with van der Waals surface area (Å²) < 4.78 is 1.94. The molecule has 1 aliphatic heterocycles. The van der Waals surface area contributed by atoms with Crippen LogP contribution >= 0.6 is 0 Å². The molecule has 1 saturated carbocycles. The number of nitrogens with zero attached hydrogens (tertiary/aromatic N) is 3. The maximum absolute atomic E-state index is 4.37. The van der Waals surface area contributed by atoms with Gasteiger partial charge in [0.2, 0.25) is 0 Å². The molecule has 1 saturated heterocycles. The minimum atomic E-state index is 0.576. The van der Waals surface area contributed by atoms with E-state index < -0.39 is 0 Å². The Hall–Kier alpha value is -0.870. The lowest BCUT2D eigenvalue weighted by atomic mass is 9.85. The first-order chi connectivity index (χ1) is 8.79. The first kappa shape index (κ1) is 12.2. The number of nitrogens with one attached hydrogen (secondary N) is 1. The summed E-state index contributed by atoms with van der Waals surface area (Å²) in [6, 6.07) is 1.42. The van der Waals surface area contributed by atoms with Crippen LogP contribution in [-0.2, 0) is 7.05 Å². The Morgan fingerprint density at radius 3 is 2.83 bits per heavy atom. The van der Waals surface area contributed by atoms with Gasteiger partial charge in [0.25, 0.3) is 0 Å². The van der Waals surface area contributed by atoms with E-state index >= 15 is 0 Å². The Bertz CT molecular complexity index is 394. The van der Waals surface area contributed by atoms with E-state index in [1.165, 1.54) is 37.8 Å². The van der Waals surface area contributed by atoms with Crippen molar-refractivity contribution in [1.29, 1.82) is 0 Å². The van der Waals surface area contributed by atoms with Crippen molar-refractivity contribution in [3.05, 3.63) is 18.0 Å². The average Bonchev–Trinajstić information content (AvgIpc) is 3.12. The van der Waals surface area contributed by atoms with Gasteiger partial charge in [-0.1, -0.05) is 0 Å². The van der Waals surface area contributed by atoms with Crippen LogP contribution in [0, 0.1) is 5.92 Å². The SMILES string of the molecule is CNCC1CCCN(C2CC2)C1c1cnn(C)c1. The van der Waals surface area contributed by atoms with E-state index in [1.54, 1.807) is 0 Å². The highest BCUT2D eigenvalue weighted by molar-refractivity contribution is 5.15. The third-order valence-corrected chi connectivity index (χ3v) is 4.34. The third kappa shape index (κ3) is 2.31. The first-order valence-electron chi connectivity index (χ1n) is 7.18. The lowest BCUT2D eigenvalue weighted by Gasteiger charge is -2.41. The van der Waals surface area contributed by atoms with Gasteiger partial charge in [-0.3, -0.25) is 9.58 Å². The second kappa shape index (κ2) is 5.02. The summed E-state index contributed by atoms with van der Waals surface area (Å²) >= 11 is 0. The molecule has 2 heterocycles. The number of hydrogen-bond donors (Lipinski definition) is 1. The summed E-state index contributed by atoms with van der Waals surface area (Å²) in [5, 5.41) is 7.74. The van der Waals surface area contributed by atoms with Crippen LogP contribution in [0.15, 0.2) is 12.4 Å². The normalized spacial score (nSPS) is 29.7. The highest BCUT2D eigenvalue weighted by atomic mass is 15.3.